The average molecular weight is 255 g/mol. The minimum absolute atomic E-state index is 0.217. The van der Waals surface area contributed by atoms with E-state index in [1.165, 1.54) is 10.9 Å². The highest BCUT2D eigenvalue weighted by Gasteiger charge is 2.24. The lowest BCUT2D eigenvalue weighted by molar-refractivity contribution is -0.145. The summed E-state index contributed by atoms with van der Waals surface area (Å²) in [4.78, 5) is 33.0. The first-order valence-corrected chi connectivity index (χ1v) is 5.07. The Balaban J connectivity index is 2.82. The van der Waals surface area contributed by atoms with Crippen LogP contribution >= 0.6 is 0 Å². The van der Waals surface area contributed by atoms with Crippen LogP contribution in [-0.4, -0.2) is 43.9 Å². The summed E-state index contributed by atoms with van der Waals surface area (Å²) in [6.45, 7) is 1.65. The summed E-state index contributed by atoms with van der Waals surface area (Å²) >= 11 is 0. The van der Waals surface area contributed by atoms with Gasteiger partial charge in [-0.1, -0.05) is 0 Å². The van der Waals surface area contributed by atoms with Crippen molar-refractivity contribution in [1.82, 2.24) is 15.1 Å². The third-order valence-electron chi connectivity index (χ3n) is 2.46. The zero-order valence-corrected chi connectivity index (χ0v) is 9.88. The van der Waals surface area contributed by atoms with Gasteiger partial charge < -0.3 is 15.5 Å². The second kappa shape index (κ2) is 5.30. The highest BCUT2D eigenvalue weighted by molar-refractivity contribution is 5.98. The summed E-state index contributed by atoms with van der Waals surface area (Å²) in [5.74, 6) is -3.35. The molecule has 98 valence electrons. The molecule has 0 bridgehead atoms. The molecule has 18 heavy (non-hydrogen) atoms. The number of carboxylic acids is 2. The average Bonchev–Trinajstić information content (AvgIpc) is 2.58. The summed E-state index contributed by atoms with van der Waals surface area (Å²) in [7, 11) is 1.64. The minimum Gasteiger partial charge on any atom is -0.481 e. The number of nitrogens with one attached hydrogen (secondary N) is 1. The standard InChI is InChI=1S/C10H13N3O5/c1-5-6(4-11-13(5)2)9(16)12-7(10(17)18)3-8(14)15/h4,7H,3H2,1-2H3,(H,12,16)(H,14,15)(H,17,18). The fraction of sp³-hybridized carbons (Fsp3) is 0.400. The largest absolute Gasteiger partial charge is 0.481 e. The number of nitrogens with zero attached hydrogens (tertiary/aromatic N) is 2. The van der Waals surface area contributed by atoms with Gasteiger partial charge in [-0.2, -0.15) is 5.10 Å². The van der Waals surface area contributed by atoms with Gasteiger partial charge in [0.15, 0.2) is 0 Å². The number of hydrogen-bond acceptors (Lipinski definition) is 4. The molecule has 3 N–H and O–H groups in total. The maximum atomic E-state index is 11.8. The molecule has 1 unspecified atom stereocenters. The Kier molecular flexibility index (Phi) is 4.03. The number of aliphatic carboxylic acids is 2. The van der Waals surface area contributed by atoms with Gasteiger partial charge in [0.2, 0.25) is 0 Å². The van der Waals surface area contributed by atoms with Crippen LogP contribution in [0.25, 0.3) is 0 Å². The zero-order chi connectivity index (χ0) is 13.9. The molecule has 8 heteroatoms. The monoisotopic (exact) mass is 255 g/mol. The number of carboxylic acid groups (broad SMARTS) is 2. The number of hydrogen-bond donors (Lipinski definition) is 3. The van der Waals surface area contributed by atoms with Crippen LogP contribution in [-0.2, 0) is 16.6 Å². The van der Waals surface area contributed by atoms with Crippen molar-refractivity contribution in [2.75, 3.05) is 0 Å². The van der Waals surface area contributed by atoms with E-state index in [4.69, 9.17) is 10.2 Å². The summed E-state index contributed by atoms with van der Waals surface area (Å²) in [6, 6.07) is -1.46. The predicted molar refractivity (Wildman–Crippen MR) is 59.1 cm³/mol. The molecular weight excluding hydrogens is 242 g/mol. The van der Waals surface area contributed by atoms with Crippen molar-refractivity contribution in [3.8, 4) is 0 Å². The zero-order valence-electron chi connectivity index (χ0n) is 9.88. The van der Waals surface area contributed by atoms with E-state index in [9.17, 15) is 14.4 Å². The van der Waals surface area contributed by atoms with Gasteiger partial charge in [0, 0.05) is 12.7 Å². The summed E-state index contributed by atoms with van der Waals surface area (Å²) < 4.78 is 1.46. The number of rotatable bonds is 5. The number of aromatic nitrogens is 2. The molecule has 8 nitrogen and oxygen atoms in total. The van der Waals surface area contributed by atoms with Gasteiger partial charge in [-0.15, -0.1) is 0 Å². The molecule has 0 fully saturated rings. The Morgan fingerprint density at radius 2 is 2.06 bits per heavy atom. The second-order valence-corrected chi connectivity index (χ2v) is 3.73. The van der Waals surface area contributed by atoms with Gasteiger partial charge in [-0.3, -0.25) is 14.3 Å². The van der Waals surface area contributed by atoms with Crippen LogP contribution in [0.4, 0.5) is 0 Å². The SMILES string of the molecule is Cc1c(C(=O)NC(CC(=O)O)C(=O)O)cnn1C. The molecule has 0 radical (unpaired) electrons. The second-order valence-electron chi connectivity index (χ2n) is 3.73. The summed E-state index contributed by atoms with van der Waals surface area (Å²) in [5, 5.41) is 23.3. The molecule has 1 amide bonds. The molecule has 1 aromatic rings. The van der Waals surface area contributed by atoms with Crippen LogP contribution in [0.1, 0.15) is 22.5 Å². The van der Waals surface area contributed by atoms with Crippen LogP contribution in [0, 0.1) is 6.92 Å². The highest BCUT2D eigenvalue weighted by atomic mass is 16.4. The lowest BCUT2D eigenvalue weighted by atomic mass is 10.2. The van der Waals surface area contributed by atoms with Crippen molar-refractivity contribution in [1.29, 1.82) is 0 Å². The first-order chi connectivity index (χ1) is 8.32. The van der Waals surface area contributed by atoms with E-state index in [1.54, 1.807) is 14.0 Å². The van der Waals surface area contributed by atoms with Gasteiger partial charge in [0.25, 0.3) is 5.91 Å². The third-order valence-corrected chi connectivity index (χ3v) is 2.46. The molecule has 1 aromatic heterocycles. The first-order valence-electron chi connectivity index (χ1n) is 5.07. The normalized spacial score (nSPS) is 11.9. The van der Waals surface area contributed by atoms with Crippen LogP contribution in [0.15, 0.2) is 6.20 Å². The van der Waals surface area contributed by atoms with E-state index in [2.05, 4.69) is 10.4 Å². The number of amides is 1. The molecule has 0 aliphatic carbocycles. The Morgan fingerprint density at radius 3 is 2.44 bits per heavy atom. The lowest BCUT2D eigenvalue weighted by Crippen LogP contribution is -2.42. The number of carbonyl (C=O) groups excluding carboxylic acids is 1. The van der Waals surface area contributed by atoms with E-state index in [1.807, 2.05) is 0 Å². The van der Waals surface area contributed by atoms with Crippen molar-refractivity contribution in [3.63, 3.8) is 0 Å². The fourth-order valence-corrected chi connectivity index (χ4v) is 1.33. The van der Waals surface area contributed by atoms with Gasteiger partial charge in [-0.25, -0.2) is 4.79 Å². The van der Waals surface area contributed by atoms with Crippen LogP contribution < -0.4 is 5.32 Å². The van der Waals surface area contributed by atoms with Gasteiger partial charge in [0.1, 0.15) is 6.04 Å². The Bertz CT molecular complexity index is 494. The van der Waals surface area contributed by atoms with Gasteiger partial charge in [0.05, 0.1) is 18.2 Å². The maximum Gasteiger partial charge on any atom is 0.326 e. The Morgan fingerprint density at radius 1 is 1.44 bits per heavy atom. The van der Waals surface area contributed by atoms with E-state index < -0.39 is 30.3 Å². The van der Waals surface area contributed by atoms with Crippen molar-refractivity contribution >= 4 is 17.8 Å². The quantitative estimate of drug-likeness (QED) is 0.645. The van der Waals surface area contributed by atoms with Gasteiger partial charge >= 0.3 is 11.9 Å². The van der Waals surface area contributed by atoms with Crippen LogP contribution in [0.2, 0.25) is 0 Å². The van der Waals surface area contributed by atoms with Crippen molar-refractivity contribution < 1.29 is 24.6 Å². The topological polar surface area (TPSA) is 122 Å². The molecule has 1 rings (SSSR count). The number of aryl methyl sites for hydroxylation is 1. The highest BCUT2D eigenvalue weighted by Crippen LogP contribution is 2.06. The van der Waals surface area contributed by atoms with E-state index in [-0.39, 0.29) is 5.56 Å². The molecule has 0 aromatic carbocycles. The third kappa shape index (κ3) is 3.06. The van der Waals surface area contributed by atoms with E-state index >= 15 is 0 Å². The number of carbonyl (C=O) groups is 3. The van der Waals surface area contributed by atoms with Crippen molar-refractivity contribution in [3.05, 3.63) is 17.5 Å². The molecule has 0 saturated carbocycles. The Labute approximate surface area is 102 Å². The fourth-order valence-electron chi connectivity index (χ4n) is 1.33. The molecule has 0 aliphatic heterocycles. The lowest BCUT2D eigenvalue weighted by Gasteiger charge is -2.11. The maximum absolute atomic E-state index is 11.8. The molecule has 0 spiro atoms. The first kappa shape index (κ1) is 13.7. The molecule has 1 heterocycles. The van der Waals surface area contributed by atoms with E-state index in [0.29, 0.717) is 5.69 Å². The van der Waals surface area contributed by atoms with Crippen molar-refractivity contribution in [2.24, 2.45) is 7.05 Å². The summed E-state index contributed by atoms with van der Waals surface area (Å²) in [6.07, 6.45) is 0.616. The predicted octanol–water partition coefficient (Wildman–Crippen LogP) is -0.614. The van der Waals surface area contributed by atoms with Gasteiger partial charge in [-0.05, 0) is 6.92 Å². The molecule has 0 saturated heterocycles. The van der Waals surface area contributed by atoms with Crippen molar-refractivity contribution in [2.45, 2.75) is 19.4 Å². The molecule has 1 atom stereocenters. The minimum atomic E-state index is -1.46. The molecule has 0 aliphatic rings. The Hall–Kier alpha value is -2.38. The smallest absolute Gasteiger partial charge is 0.326 e. The summed E-state index contributed by atoms with van der Waals surface area (Å²) in [5.41, 5.74) is 0.779. The van der Waals surface area contributed by atoms with Crippen LogP contribution in [0.5, 0.6) is 0 Å². The van der Waals surface area contributed by atoms with Crippen LogP contribution in [0.3, 0.4) is 0 Å². The molecular formula is C10H13N3O5. The van der Waals surface area contributed by atoms with E-state index in [0.717, 1.165) is 0 Å².